The summed E-state index contributed by atoms with van der Waals surface area (Å²) in [5.41, 5.74) is 0. The number of likely N-dealkylation sites (tertiary alicyclic amines) is 1. The Kier molecular flexibility index (Phi) is 6.26. The van der Waals surface area contributed by atoms with Crippen molar-refractivity contribution >= 4 is 5.91 Å². The maximum atomic E-state index is 12.6. The Hall–Kier alpha value is -0.650. The number of piperidine rings is 1. The zero-order chi connectivity index (χ0) is 14.4. The molecule has 2 saturated heterocycles. The number of amides is 1. The molecule has 116 valence electrons. The normalized spacial score (nSPS) is 28.0. The Morgan fingerprint density at radius 2 is 2.10 bits per heavy atom. The molecule has 0 saturated carbocycles. The fourth-order valence-electron chi connectivity index (χ4n) is 3.12. The Balaban J connectivity index is 1.81. The molecular weight excluding hydrogens is 256 g/mol. The first kappa shape index (κ1) is 15.7. The number of rotatable bonds is 6. The summed E-state index contributed by atoms with van der Waals surface area (Å²) in [5, 5.41) is 3.44. The van der Waals surface area contributed by atoms with E-state index < -0.39 is 0 Å². The minimum absolute atomic E-state index is 0.000486. The second kappa shape index (κ2) is 7.96. The molecule has 0 aliphatic carbocycles. The van der Waals surface area contributed by atoms with Crippen LogP contribution in [0.25, 0.3) is 0 Å². The largest absolute Gasteiger partial charge is 0.384 e. The maximum absolute atomic E-state index is 12.6. The van der Waals surface area contributed by atoms with E-state index in [2.05, 4.69) is 12.2 Å². The number of carbonyl (C=O) groups is 1. The van der Waals surface area contributed by atoms with E-state index in [1.165, 1.54) is 0 Å². The first-order chi connectivity index (χ1) is 9.76. The molecule has 0 bridgehead atoms. The average molecular weight is 284 g/mol. The standard InChI is InChI=1S/C15H28N2O3/c1-3-6-16-14-11-20-10-13(14)15(18)17-7-4-12(5-8-17)9-19-2/h12-14,16H,3-11H2,1-2H3. The van der Waals surface area contributed by atoms with Gasteiger partial charge in [-0.3, -0.25) is 4.79 Å². The van der Waals surface area contributed by atoms with Gasteiger partial charge in [0.2, 0.25) is 5.91 Å². The molecule has 0 radical (unpaired) electrons. The summed E-state index contributed by atoms with van der Waals surface area (Å²) < 4.78 is 10.7. The van der Waals surface area contributed by atoms with Crippen molar-refractivity contribution in [3.63, 3.8) is 0 Å². The summed E-state index contributed by atoms with van der Waals surface area (Å²) in [5.74, 6) is 0.880. The van der Waals surface area contributed by atoms with E-state index in [1.54, 1.807) is 7.11 Å². The van der Waals surface area contributed by atoms with Crippen LogP contribution in [0.3, 0.4) is 0 Å². The first-order valence-electron chi connectivity index (χ1n) is 7.85. The lowest BCUT2D eigenvalue weighted by molar-refractivity contribution is -0.137. The number of ether oxygens (including phenoxy) is 2. The molecule has 0 aromatic heterocycles. The first-order valence-corrected chi connectivity index (χ1v) is 7.85. The Bertz CT molecular complexity index is 303. The van der Waals surface area contributed by atoms with Crippen molar-refractivity contribution in [3.05, 3.63) is 0 Å². The predicted molar refractivity (Wildman–Crippen MR) is 77.6 cm³/mol. The van der Waals surface area contributed by atoms with E-state index in [4.69, 9.17) is 9.47 Å². The van der Waals surface area contributed by atoms with Gasteiger partial charge < -0.3 is 19.7 Å². The lowest BCUT2D eigenvalue weighted by Gasteiger charge is -2.34. The highest BCUT2D eigenvalue weighted by Gasteiger charge is 2.37. The monoisotopic (exact) mass is 284 g/mol. The summed E-state index contributed by atoms with van der Waals surface area (Å²) >= 11 is 0. The molecule has 5 nitrogen and oxygen atoms in total. The second-order valence-electron chi connectivity index (χ2n) is 5.93. The highest BCUT2D eigenvalue weighted by molar-refractivity contribution is 5.80. The second-order valence-corrected chi connectivity index (χ2v) is 5.93. The zero-order valence-electron chi connectivity index (χ0n) is 12.8. The van der Waals surface area contributed by atoms with Crippen molar-refractivity contribution in [2.24, 2.45) is 11.8 Å². The highest BCUT2D eigenvalue weighted by atomic mass is 16.5. The Morgan fingerprint density at radius 3 is 2.75 bits per heavy atom. The maximum Gasteiger partial charge on any atom is 0.229 e. The van der Waals surface area contributed by atoms with Crippen LogP contribution < -0.4 is 5.32 Å². The van der Waals surface area contributed by atoms with Crippen LogP contribution in [0.15, 0.2) is 0 Å². The summed E-state index contributed by atoms with van der Waals surface area (Å²) in [6.07, 6.45) is 3.19. The van der Waals surface area contributed by atoms with Crippen LogP contribution >= 0.6 is 0 Å². The molecule has 2 atom stereocenters. The fourth-order valence-corrected chi connectivity index (χ4v) is 3.12. The van der Waals surface area contributed by atoms with Crippen molar-refractivity contribution in [3.8, 4) is 0 Å². The SMILES string of the molecule is CCCNC1COCC1C(=O)N1CCC(COC)CC1. The van der Waals surface area contributed by atoms with Gasteiger partial charge in [-0.05, 0) is 31.7 Å². The third-order valence-electron chi connectivity index (χ3n) is 4.38. The van der Waals surface area contributed by atoms with Crippen LogP contribution in [0.4, 0.5) is 0 Å². The highest BCUT2D eigenvalue weighted by Crippen LogP contribution is 2.22. The minimum Gasteiger partial charge on any atom is -0.384 e. The lowest BCUT2D eigenvalue weighted by Crippen LogP contribution is -2.48. The Labute approximate surface area is 122 Å². The van der Waals surface area contributed by atoms with Gasteiger partial charge in [-0.25, -0.2) is 0 Å². The van der Waals surface area contributed by atoms with Gasteiger partial charge in [-0.1, -0.05) is 6.92 Å². The van der Waals surface area contributed by atoms with Crippen LogP contribution in [0.1, 0.15) is 26.2 Å². The molecule has 2 fully saturated rings. The molecule has 0 aromatic carbocycles. The van der Waals surface area contributed by atoms with Gasteiger partial charge in [0.15, 0.2) is 0 Å². The smallest absolute Gasteiger partial charge is 0.229 e. The van der Waals surface area contributed by atoms with Gasteiger partial charge >= 0.3 is 0 Å². The van der Waals surface area contributed by atoms with E-state index in [9.17, 15) is 4.79 Å². The molecule has 2 aliphatic heterocycles. The van der Waals surface area contributed by atoms with E-state index >= 15 is 0 Å². The molecule has 2 heterocycles. The van der Waals surface area contributed by atoms with Gasteiger partial charge in [-0.15, -0.1) is 0 Å². The van der Waals surface area contributed by atoms with Crippen LogP contribution in [0.5, 0.6) is 0 Å². The summed E-state index contributed by atoms with van der Waals surface area (Å²) in [6, 6.07) is 0.194. The number of hydrogen-bond donors (Lipinski definition) is 1. The lowest BCUT2D eigenvalue weighted by atomic mass is 9.95. The van der Waals surface area contributed by atoms with Crippen LogP contribution in [-0.2, 0) is 14.3 Å². The van der Waals surface area contributed by atoms with Crippen LogP contribution in [0, 0.1) is 11.8 Å². The van der Waals surface area contributed by atoms with Crippen molar-refractivity contribution in [2.75, 3.05) is 46.6 Å². The van der Waals surface area contributed by atoms with Gasteiger partial charge in [0.1, 0.15) is 0 Å². The van der Waals surface area contributed by atoms with Crippen molar-refractivity contribution in [2.45, 2.75) is 32.2 Å². The van der Waals surface area contributed by atoms with E-state index in [-0.39, 0.29) is 17.9 Å². The molecule has 1 amide bonds. The molecule has 5 heteroatoms. The van der Waals surface area contributed by atoms with Gasteiger partial charge in [0.05, 0.1) is 19.1 Å². The number of hydrogen-bond acceptors (Lipinski definition) is 4. The number of nitrogens with zero attached hydrogens (tertiary/aromatic N) is 1. The summed E-state index contributed by atoms with van der Waals surface area (Å²) in [6.45, 7) is 6.87. The number of carbonyl (C=O) groups excluding carboxylic acids is 1. The molecule has 20 heavy (non-hydrogen) atoms. The number of nitrogens with one attached hydrogen (secondary N) is 1. The molecule has 1 N–H and O–H groups in total. The molecule has 0 spiro atoms. The molecule has 2 unspecified atom stereocenters. The van der Waals surface area contributed by atoms with Gasteiger partial charge in [-0.2, -0.15) is 0 Å². The van der Waals surface area contributed by atoms with Crippen molar-refractivity contribution < 1.29 is 14.3 Å². The predicted octanol–water partition coefficient (Wildman–Crippen LogP) is 0.886. The molecule has 2 aliphatic rings. The van der Waals surface area contributed by atoms with Crippen molar-refractivity contribution in [1.82, 2.24) is 10.2 Å². The summed E-state index contributed by atoms with van der Waals surface area (Å²) in [4.78, 5) is 14.6. The van der Waals surface area contributed by atoms with Gasteiger partial charge in [0.25, 0.3) is 0 Å². The van der Waals surface area contributed by atoms with E-state index in [0.29, 0.717) is 19.1 Å². The molecule has 0 aromatic rings. The molecular formula is C15H28N2O3. The van der Waals surface area contributed by atoms with E-state index in [1.807, 2.05) is 4.90 Å². The average Bonchev–Trinajstić information content (AvgIpc) is 2.94. The third-order valence-corrected chi connectivity index (χ3v) is 4.38. The number of methoxy groups -OCH3 is 1. The fraction of sp³-hybridized carbons (Fsp3) is 0.933. The van der Waals surface area contributed by atoms with E-state index in [0.717, 1.165) is 45.5 Å². The van der Waals surface area contributed by atoms with Crippen molar-refractivity contribution in [1.29, 1.82) is 0 Å². The topological polar surface area (TPSA) is 50.8 Å². The molecule has 2 rings (SSSR count). The zero-order valence-corrected chi connectivity index (χ0v) is 12.8. The summed E-state index contributed by atoms with van der Waals surface area (Å²) in [7, 11) is 1.75. The third kappa shape index (κ3) is 3.93. The van der Waals surface area contributed by atoms with Gasteiger partial charge in [0, 0.05) is 32.8 Å². The van der Waals surface area contributed by atoms with Crippen LogP contribution in [0.2, 0.25) is 0 Å². The Morgan fingerprint density at radius 1 is 1.35 bits per heavy atom. The minimum atomic E-state index is 0.000486. The van der Waals surface area contributed by atoms with Crippen LogP contribution in [-0.4, -0.2) is 63.4 Å². The quantitative estimate of drug-likeness (QED) is 0.787.